The summed E-state index contributed by atoms with van der Waals surface area (Å²) in [7, 11) is 0. The Morgan fingerprint density at radius 3 is 2.84 bits per heavy atom. The fourth-order valence-electron chi connectivity index (χ4n) is 3.36. The minimum atomic E-state index is -0.189. The predicted molar refractivity (Wildman–Crippen MR) is 113 cm³/mol. The Morgan fingerprint density at radius 2 is 2.16 bits per heavy atom. The minimum Gasteiger partial charge on any atom is -0.381 e. The van der Waals surface area contributed by atoms with E-state index in [1.807, 2.05) is 12.1 Å². The third-order valence-corrected chi connectivity index (χ3v) is 5.69. The first-order chi connectivity index (χ1) is 11.7. The van der Waals surface area contributed by atoms with Crippen LogP contribution >= 0.6 is 35.7 Å². The molecule has 1 atom stereocenters. The second-order valence-electron chi connectivity index (χ2n) is 6.51. The highest BCUT2D eigenvalue weighted by atomic mass is 127. The van der Waals surface area contributed by atoms with Gasteiger partial charge in [0.15, 0.2) is 5.96 Å². The number of nitrogens with zero attached hydrogens (tertiary/aromatic N) is 2. The Bertz CT molecular complexity index is 564. The van der Waals surface area contributed by atoms with Gasteiger partial charge in [0.05, 0.1) is 13.2 Å². The molecule has 0 aliphatic carbocycles. The van der Waals surface area contributed by atoms with Crippen LogP contribution in [0.4, 0.5) is 4.39 Å². The molecule has 0 saturated carbocycles. The summed E-state index contributed by atoms with van der Waals surface area (Å²) in [6, 6.07) is 6.64. The molecule has 1 spiro atoms. The van der Waals surface area contributed by atoms with Crippen molar-refractivity contribution in [1.82, 2.24) is 10.2 Å². The number of hydrogen-bond acceptors (Lipinski definition) is 3. The molecule has 1 unspecified atom stereocenters. The van der Waals surface area contributed by atoms with Gasteiger partial charge in [0.2, 0.25) is 0 Å². The van der Waals surface area contributed by atoms with Crippen LogP contribution in [0, 0.1) is 11.2 Å². The number of likely N-dealkylation sites (tertiary alicyclic amines) is 1. The second-order valence-corrected chi connectivity index (χ2v) is 7.68. The Balaban J connectivity index is 0.00000225. The lowest BCUT2D eigenvalue weighted by Crippen LogP contribution is -2.41. The molecular weight excluding hydrogens is 452 g/mol. The number of nitrogens with one attached hydrogen (secondary N) is 1. The number of ether oxygens (including phenoxy) is 1. The molecule has 2 saturated heterocycles. The number of halogens is 2. The monoisotopic (exact) mass is 479 g/mol. The van der Waals surface area contributed by atoms with Gasteiger partial charge in [-0.3, -0.25) is 4.99 Å². The zero-order chi connectivity index (χ0) is 16.8. The summed E-state index contributed by atoms with van der Waals surface area (Å²) in [5, 5.41) is 3.41. The summed E-state index contributed by atoms with van der Waals surface area (Å²) in [5.41, 5.74) is 0.346. The number of rotatable bonds is 5. The van der Waals surface area contributed by atoms with Crippen LogP contribution in [0.1, 0.15) is 19.8 Å². The topological polar surface area (TPSA) is 36.9 Å². The minimum absolute atomic E-state index is 0. The first-order valence-corrected chi connectivity index (χ1v) is 9.69. The summed E-state index contributed by atoms with van der Waals surface area (Å²) in [6.45, 7) is 7.63. The van der Waals surface area contributed by atoms with Crippen LogP contribution in [-0.4, -0.2) is 56.0 Å². The van der Waals surface area contributed by atoms with Crippen molar-refractivity contribution in [3.05, 3.63) is 30.1 Å². The highest BCUT2D eigenvalue weighted by Gasteiger charge is 2.42. The van der Waals surface area contributed by atoms with Crippen LogP contribution < -0.4 is 5.32 Å². The lowest BCUT2D eigenvalue weighted by Gasteiger charge is -2.24. The molecule has 1 N–H and O–H groups in total. The van der Waals surface area contributed by atoms with Crippen LogP contribution in [0.3, 0.4) is 0 Å². The average molecular weight is 479 g/mol. The first-order valence-electron chi connectivity index (χ1n) is 8.70. The summed E-state index contributed by atoms with van der Waals surface area (Å²) in [5.74, 6) is 1.72. The molecule has 3 rings (SSSR count). The van der Waals surface area contributed by atoms with E-state index in [0.29, 0.717) is 5.41 Å². The Kier molecular flexibility index (Phi) is 8.28. The number of aliphatic imine (C=N–C) groups is 1. The second kappa shape index (κ2) is 9.97. The predicted octanol–water partition coefficient (Wildman–Crippen LogP) is 3.61. The van der Waals surface area contributed by atoms with Gasteiger partial charge in [0.25, 0.3) is 0 Å². The Hall–Kier alpha value is -0.540. The van der Waals surface area contributed by atoms with Crippen molar-refractivity contribution in [2.24, 2.45) is 10.4 Å². The molecule has 2 aliphatic heterocycles. The largest absolute Gasteiger partial charge is 0.381 e. The van der Waals surface area contributed by atoms with Crippen molar-refractivity contribution in [3.63, 3.8) is 0 Å². The van der Waals surface area contributed by atoms with Crippen LogP contribution in [0.25, 0.3) is 0 Å². The van der Waals surface area contributed by atoms with Gasteiger partial charge < -0.3 is 15.0 Å². The standard InChI is InChI=1S/C18H26FN3OS.HI/c1-2-20-17(22-10-7-18(13-22)8-11-23-14-18)21-9-12-24-16-5-3-15(19)4-6-16;/h3-6H,2,7-14H2,1H3,(H,20,21);1H. The van der Waals surface area contributed by atoms with E-state index in [4.69, 9.17) is 9.73 Å². The molecule has 0 amide bonds. The average Bonchev–Trinajstić information content (AvgIpc) is 3.22. The quantitative estimate of drug-likeness (QED) is 0.230. The maximum absolute atomic E-state index is 12.9. The van der Waals surface area contributed by atoms with E-state index in [1.54, 1.807) is 11.8 Å². The Morgan fingerprint density at radius 1 is 1.36 bits per heavy atom. The molecule has 4 nitrogen and oxygen atoms in total. The van der Waals surface area contributed by atoms with E-state index >= 15 is 0 Å². The molecule has 0 radical (unpaired) electrons. The number of guanidine groups is 1. The van der Waals surface area contributed by atoms with Crippen molar-refractivity contribution in [2.45, 2.75) is 24.7 Å². The van der Waals surface area contributed by atoms with Crippen molar-refractivity contribution in [2.75, 3.05) is 45.1 Å². The van der Waals surface area contributed by atoms with Gasteiger partial charge in [-0.15, -0.1) is 35.7 Å². The first kappa shape index (κ1) is 20.8. The summed E-state index contributed by atoms with van der Waals surface area (Å²) >= 11 is 1.71. The molecule has 7 heteroatoms. The van der Waals surface area contributed by atoms with Gasteiger partial charge in [-0.05, 0) is 44.0 Å². The molecule has 1 aromatic rings. The van der Waals surface area contributed by atoms with Crippen LogP contribution in [0.5, 0.6) is 0 Å². The van der Waals surface area contributed by atoms with E-state index in [0.717, 1.165) is 56.0 Å². The van der Waals surface area contributed by atoms with E-state index < -0.39 is 0 Å². The third-order valence-electron chi connectivity index (χ3n) is 4.69. The highest BCUT2D eigenvalue weighted by Crippen LogP contribution is 2.38. The maximum Gasteiger partial charge on any atom is 0.193 e. The summed E-state index contributed by atoms with van der Waals surface area (Å²) in [6.07, 6.45) is 2.37. The summed E-state index contributed by atoms with van der Waals surface area (Å²) < 4.78 is 18.5. The Labute approximate surface area is 171 Å². The zero-order valence-electron chi connectivity index (χ0n) is 14.7. The molecule has 2 aliphatic rings. The van der Waals surface area contributed by atoms with E-state index in [1.165, 1.54) is 25.0 Å². The van der Waals surface area contributed by atoms with Gasteiger partial charge in [0.1, 0.15) is 5.82 Å². The lowest BCUT2D eigenvalue weighted by atomic mass is 9.87. The zero-order valence-corrected chi connectivity index (χ0v) is 17.8. The van der Waals surface area contributed by atoms with Gasteiger partial charge in [-0.2, -0.15) is 0 Å². The van der Waals surface area contributed by atoms with Gasteiger partial charge in [0, 0.05) is 42.3 Å². The van der Waals surface area contributed by atoms with Crippen molar-refractivity contribution in [1.29, 1.82) is 0 Å². The maximum atomic E-state index is 12.9. The highest BCUT2D eigenvalue weighted by molar-refractivity contribution is 14.0. The molecule has 0 bridgehead atoms. The van der Waals surface area contributed by atoms with Crippen molar-refractivity contribution >= 4 is 41.7 Å². The number of thioether (sulfide) groups is 1. The molecule has 2 fully saturated rings. The van der Waals surface area contributed by atoms with Gasteiger partial charge >= 0.3 is 0 Å². The molecule has 25 heavy (non-hydrogen) atoms. The number of hydrogen-bond donors (Lipinski definition) is 1. The van der Waals surface area contributed by atoms with Crippen LogP contribution in [0.15, 0.2) is 34.2 Å². The van der Waals surface area contributed by atoms with E-state index in [2.05, 4.69) is 17.1 Å². The van der Waals surface area contributed by atoms with Gasteiger partial charge in [-0.25, -0.2) is 4.39 Å². The van der Waals surface area contributed by atoms with Crippen LogP contribution in [0.2, 0.25) is 0 Å². The van der Waals surface area contributed by atoms with Crippen LogP contribution in [-0.2, 0) is 4.74 Å². The smallest absolute Gasteiger partial charge is 0.193 e. The SMILES string of the molecule is CCNC(=NCCSc1ccc(F)cc1)N1CCC2(CCOC2)C1.I. The molecular formula is C18H27FIN3OS. The third kappa shape index (κ3) is 5.72. The summed E-state index contributed by atoms with van der Waals surface area (Å²) in [4.78, 5) is 8.24. The van der Waals surface area contributed by atoms with Crippen molar-refractivity contribution < 1.29 is 9.13 Å². The fraction of sp³-hybridized carbons (Fsp3) is 0.611. The molecule has 140 valence electrons. The normalized spacial score (nSPS) is 23.1. The fourth-order valence-corrected chi connectivity index (χ4v) is 4.11. The lowest BCUT2D eigenvalue weighted by molar-refractivity contribution is 0.156. The number of benzene rings is 1. The molecule has 0 aromatic heterocycles. The van der Waals surface area contributed by atoms with Gasteiger partial charge in [-0.1, -0.05) is 0 Å². The van der Waals surface area contributed by atoms with E-state index in [9.17, 15) is 4.39 Å². The van der Waals surface area contributed by atoms with Crippen molar-refractivity contribution in [3.8, 4) is 0 Å². The molecule has 2 heterocycles. The molecule has 1 aromatic carbocycles. The van der Waals surface area contributed by atoms with E-state index in [-0.39, 0.29) is 29.8 Å².